The number of hydrogen-bond donors (Lipinski definition) is 1. The van der Waals surface area contributed by atoms with E-state index in [0.29, 0.717) is 0 Å². The molecule has 0 saturated carbocycles. The topological polar surface area (TPSA) is 28.7 Å². The van der Waals surface area contributed by atoms with Gasteiger partial charge in [0.05, 0.1) is 11.2 Å². The van der Waals surface area contributed by atoms with Crippen molar-refractivity contribution >= 4 is 11.8 Å². The molecule has 3 heteroatoms. The van der Waals surface area contributed by atoms with Gasteiger partial charge >= 0.3 is 0 Å². The second kappa shape index (κ2) is 1.52. The first-order valence-electron chi connectivity index (χ1n) is 2.62. The summed E-state index contributed by atoms with van der Waals surface area (Å²) in [6.07, 6.45) is 3.00. The molecule has 0 aliphatic carbocycles. The van der Waals surface area contributed by atoms with E-state index in [0.717, 1.165) is 12.2 Å². The zero-order valence-electron chi connectivity index (χ0n) is 4.35. The van der Waals surface area contributed by atoms with Crippen LogP contribution in [0.25, 0.3) is 0 Å². The van der Waals surface area contributed by atoms with E-state index < -0.39 is 0 Å². The van der Waals surface area contributed by atoms with Crippen LogP contribution in [0.15, 0.2) is 11.2 Å². The van der Waals surface area contributed by atoms with E-state index >= 15 is 0 Å². The van der Waals surface area contributed by atoms with Crippen LogP contribution in [0.3, 0.4) is 0 Å². The number of hydrogen-bond acceptors (Lipinski definition) is 2. The third kappa shape index (κ3) is 0.545. The van der Waals surface area contributed by atoms with Crippen LogP contribution in [0, 0.1) is 0 Å². The van der Waals surface area contributed by atoms with E-state index in [9.17, 15) is 0 Å². The molecule has 1 aromatic rings. The summed E-state index contributed by atoms with van der Waals surface area (Å²) in [6.45, 7) is 0. The Kier molecular flexibility index (Phi) is 0.842. The van der Waals surface area contributed by atoms with Gasteiger partial charge in [-0.15, -0.1) is 11.8 Å². The minimum absolute atomic E-state index is 1.10. The number of nitrogens with zero attached hydrogens (tertiary/aromatic N) is 1. The van der Waals surface area contributed by atoms with Crippen molar-refractivity contribution in [2.45, 2.75) is 11.4 Å². The Balaban J connectivity index is 2.53. The molecule has 0 saturated heterocycles. The summed E-state index contributed by atoms with van der Waals surface area (Å²) in [6, 6.07) is 0. The van der Waals surface area contributed by atoms with Gasteiger partial charge in [0, 0.05) is 12.2 Å². The van der Waals surface area contributed by atoms with Gasteiger partial charge in [-0.05, 0) is 0 Å². The number of nitrogens with one attached hydrogen (secondary N) is 1. The number of H-pyrrole nitrogens is 1. The Labute approximate surface area is 51.7 Å². The van der Waals surface area contributed by atoms with Crippen LogP contribution in [0.5, 0.6) is 0 Å². The molecule has 0 unspecified atom stereocenters. The van der Waals surface area contributed by atoms with Gasteiger partial charge in [-0.25, -0.2) is 4.98 Å². The highest BCUT2D eigenvalue weighted by Crippen LogP contribution is 2.20. The molecular weight excluding hydrogens is 120 g/mol. The average Bonchev–Trinajstić information content (AvgIpc) is 2.12. The van der Waals surface area contributed by atoms with Crippen molar-refractivity contribution in [1.29, 1.82) is 0 Å². The molecule has 0 amide bonds. The molecule has 2 bridgehead atoms. The summed E-state index contributed by atoms with van der Waals surface area (Å²) >= 11 is 1.84. The highest BCUT2D eigenvalue weighted by molar-refractivity contribution is 7.99. The quantitative estimate of drug-likeness (QED) is 0.563. The van der Waals surface area contributed by atoms with Gasteiger partial charge in [-0.3, -0.25) is 0 Å². The highest BCUT2D eigenvalue weighted by atomic mass is 32.2. The molecule has 0 fully saturated rings. The van der Waals surface area contributed by atoms with Gasteiger partial charge in [0.1, 0.15) is 5.82 Å². The monoisotopic (exact) mass is 126 g/mol. The highest BCUT2D eigenvalue weighted by Gasteiger charge is 2.06. The molecule has 42 valence electrons. The fraction of sp³-hybridized carbons (Fsp3) is 0.400. The van der Waals surface area contributed by atoms with Gasteiger partial charge in [-0.1, -0.05) is 0 Å². The maximum atomic E-state index is 4.12. The summed E-state index contributed by atoms with van der Waals surface area (Å²) in [5, 5.41) is 1.21. The fourth-order valence-electron chi connectivity index (χ4n) is 0.801. The SMILES string of the molecule is c1nc2[nH]c1SCC2. The zero-order chi connectivity index (χ0) is 5.40. The van der Waals surface area contributed by atoms with E-state index in [4.69, 9.17) is 0 Å². The van der Waals surface area contributed by atoms with Crippen molar-refractivity contribution in [2.75, 3.05) is 5.75 Å². The number of rotatable bonds is 0. The molecule has 1 aromatic heterocycles. The Hall–Kier alpha value is -0.440. The summed E-state index contributed by atoms with van der Waals surface area (Å²) in [7, 11) is 0. The van der Waals surface area contributed by atoms with Crippen molar-refractivity contribution in [3.05, 3.63) is 12.0 Å². The van der Waals surface area contributed by atoms with E-state index in [-0.39, 0.29) is 0 Å². The summed E-state index contributed by atoms with van der Waals surface area (Å²) < 4.78 is 0. The lowest BCUT2D eigenvalue weighted by atomic mass is 10.5. The van der Waals surface area contributed by atoms with Gasteiger partial charge < -0.3 is 4.98 Å². The summed E-state index contributed by atoms with van der Waals surface area (Å²) in [4.78, 5) is 7.28. The largest absolute Gasteiger partial charge is 0.337 e. The van der Waals surface area contributed by atoms with E-state index in [1.165, 1.54) is 10.8 Å². The van der Waals surface area contributed by atoms with Crippen molar-refractivity contribution < 1.29 is 0 Å². The fourth-order valence-corrected chi connectivity index (χ4v) is 1.63. The van der Waals surface area contributed by atoms with E-state index in [1.54, 1.807) is 0 Å². The van der Waals surface area contributed by atoms with E-state index in [2.05, 4.69) is 9.97 Å². The van der Waals surface area contributed by atoms with Crippen molar-refractivity contribution in [3.63, 3.8) is 0 Å². The van der Waals surface area contributed by atoms with Crippen LogP contribution in [0.1, 0.15) is 5.82 Å². The summed E-state index contributed by atoms with van der Waals surface area (Å²) in [5.74, 6) is 2.33. The Morgan fingerprint density at radius 3 is 3.50 bits per heavy atom. The molecule has 0 radical (unpaired) electrons. The van der Waals surface area contributed by atoms with Crippen LogP contribution in [-0.2, 0) is 6.42 Å². The Morgan fingerprint density at radius 2 is 2.75 bits per heavy atom. The molecule has 8 heavy (non-hydrogen) atoms. The first-order valence-corrected chi connectivity index (χ1v) is 3.60. The molecule has 0 aromatic carbocycles. The molecule has 2 rings (SSSR count). The minimum Gasteiger partial charge on any atom is -0.337 e. The number of aromatic nitrogens is 2. The molecule has 2 heterocycles. The second-order valence-electron chi connectivity index (χ2n) is 1.79. The lowest BCUT2D eigenvalue weighted by Crippen LogP contribution is -1.94. The molecular formula is C5H6N2S. The van der Waals surface area contributed by atoms with Gasteiger partial charge in [0.15, 0.2) is 0 Å². The number of aryl methyl sites for hydroxylation is 1. The molecule has 0 atom stereocenters. The Bertz CT molecular complexity index is 176. The number of imidazole rings is 1. The minimum atomic E-state index is 1.10. The van der Waals surface area contributed by atoms with Gasteiger partial charge in [0.2, 0.25) is 0 Å². The predicted octanol–water partition coefficient (Wildman–Crippen LogP) is 1.06. The first-order chi connectivity index (χ1) is 3.95. The smallest absolute Gasteiger partial charge is 0.107 e. The second-order valence-corrected chi connectivity index (χ2v) is 2.93. The molecule has 0 spiro atoms. The van der Waals surface area contributed by atoms with Crippen LogP contribution in [0.4, 0.5) is 0 Å². The molecule has 1 N–H and O–H groups in total. The molecule has 1 aliphatic rings. The van der Waals surface area contributed by atoms with Crippen LogP contribution < -0.4 is 0 Å². The lowest BCUT2D eigenvalue weighted by Gasteiger charge is -2.00. The third-order valence-corrected chi connectivity index (χ3v) is 2.13. The van der Waals surface area contributed by atoms with Crippen LogP contribution >= 0.6 is 11.8 Å². The zero-order valence-corrected chi connectivity index (χ0v) is 5.16. The third-order valence-electron chi connectivity index (χ3n) is 1.20. The molecule has 2 nitrogen and oxygen atoms in total. The maximum absolute atomic E-state index is 4.12. The van der Waals surface area contributed by atoms with Crippen molar-refractivity contribution in [2.24, 2.45) is 0 Å². The average molecular weight is 126 g/mol. The lowest BCUT2D eigenvalue weighted by molar-refractivity contribution is 0.957. The summed E-state index contributed by atoms with van der Waals surface area (Å²) in [5.41, 5.74) is 0. The number of fused-ring (bicyclic) bond motifs is 2. The van der Waals surface area contributed by atoms with Gasteiger partial charge in [-0.2, -0.15) is 0 Å². The Morgan fingerprint density at radius 1 is 1.75 bits per heavy atom. The van der Waals surface area contributed by atoms with E-state index in [1.807, 2.05) is 18.0 Å². The van der Waals surface area contributed by atoms with Crippen molar-refractivity contribution in [3.8, 4) is 0 Å². The molecule has 1 aliphatic heterocycles. The maximum Gasteiger partial charge on any atom is 0.107 e. The van der Waals surface area contributed by atoms with Crippen LogP contribution in [0.2, 0.25) is 0 Å². The van der Waals surface area contributed by atoms with Crippen molar-refractivity contribution in [1.82, 2.24) is 9.97 Å². The number of aromatic amines is 1. The first kappa shape index (κ1) is 4.44. The normalized spacial score (nSPS) is 16.5. The predicted molar refractivity (Wildman–Crippen MR) is 33.0 cm³/mol. The van der Waals surface area contributed by atoms with Crippen LogP contribution in [-0.4, -0.2) is 15.7 Å². The standard InChI is InChI=1S/C5H6N2S/c1-2-8-5-3-6-4(1)7-5/h3H,1-2H2,(H,6,7). The number of thioether (sulfide) groups is 1. The van der Waals surface area contributed by atoms with Gasteiger partial charge in [0.25, 0.3) is 0 Å².